The number of hydrogen-bond donors (Lipinski definition) is 7. The Morgan fingerprint density at radius 3 is 2.56 bits per heavy atom. The van der Waals surface area contributed by atoms with Crippen LogP contribution in [-0.2, 0) is 9.59 Å². The lowest BCUT2D eigenvalue weighted by Crippen LogP contribution is -2.48. The first-order valence-corrected chi connectivity index (χ1v) is 10.6. The third kappa shape index (κ3) is 5.67. The van der Waals surface area contributed by atoms with Gasteiger partial charge in [0.2, 0.25) is 5.95 Å². The maximum absolute atomic E-state index is 12.4. The molecule has 8 N–H and O–H groups in total. The van der Waals surface area contributed by atoms with Gasteiger partial charge in [-0.3, -0.25) is 19.4 Å². The normalized spacial score (nSPS) is 16.5. The summed E-state index contributed by atoms with van der Waals surface area (Å²) in [6.45, 7) is 0.979. The molecule has 0 radical (unpaired) electrons. The quantitative estimate of drug-likeness (QED) is 0.231. The molecule has 0 aliphatic carbocycles. The molecule has 2 aromatic rings. The Hall–Kier alpha value is -4.00. The Bertz CT molecular complexity index is 1140. The van der Waals surface area contributed by atoms with Crippen LogP contribution in [0, 0.1) is 0 Å². The van der Waals surface area contributed by atoms with Gasteiger partial charge in [0.15, 0.2) is 5.82 Å². The first-order chi connectivity index (χ1) is 16.1. The minimum atomic E-state index is -1.45. The Morgan fingerprint density at radius 2 is 1.94 bits per heavy atom. The van der Waals surface area contributed by atoms with E-state index in [2.05, 4.69) is 25.9 Å². The van der Waals surface area contributed by atoms with Crippen LogP contribution in [0.3, 0.4) is 0 Å². The molecule has 0 bridgehead atoms. The number of likely N-dealkylation sites (N-methyl/N-ethyl adjacent to an activating group) is 1. The fourth-order valence-corrected chi connectivity index (χ4v) is 3.60. The molecule has 3 atom stereocenters. The molecule has 182 valence electrons. The van der Waals surface area contributed by atoms with Crippen molar-refractivity contribution in [2.45, 2.75) is 23.9 Å². The molecule has 1 aromatic heterocycles. The van der Waals surface area contributed by atoms with Crippen molar-refractivity contribution in [3.8, 4) is 0 Å². The topological polar surface area (TPSA) is 203 Å². The number of aromatic amines is 1. The van der Waals surface area contributed by atoms with Crippen LogP contribution in [0.2, 0.25) is 0 Å². The van der Waals surface area contributed by atoms with E-state index in [0.29, 0.717) is 30.3 Å². The third-order valence-corrected chi connectivity index (χ3v) is 5.69. The number of carboxylic acid groups (broad SMARTS) is 2. The zero-order valence-corrected chi connectivity index (χ0v) is 18.8. The number of benzene rings is 1. The molecule has 0 saturated carbocycles. The van der Waals surface area contributed by atoms with E-state index in [1.54, 1.807) is 24.1 Å². The summed E-state index contributed by atoms with van der Waals surface area (Å²) in [7, 11) is 1.78. The number of rotatable bonds is 9. The fraction of sp³-hybridized carbons (Fsp3) is 0.350. The van der Waals surface area contributed by atoms with Crippen molar-refractivity contribution in [2.75, 3.05) is 41.4 Å². The molecule has 0 fully saturated rings. The van der Waals surface area contributed by atoms with Gasteiger partial charge in [0, 0.05) is 37.8 Å². The maximum Gasteiger partial charge on any atom is 0.326 e. The Labute approximate surface area is 198 Å². The fourth-order valence-electron chi connectivity index (χ4n) is 3.42. The first-order valence-electron chi connectivity index (χ1n) is 10.2. The smallest absolute Gasteiger partial charge is 0.326 e. The number of H-pyrrole nitrogens is 1. The average molecular weight is 494 g/mol. The molecule has 1 aromatic carbocycles. The van der Waals surface area contributed by atoms with Crippen molar-refractivity contribution < 1.29 is 24.6 Å². The number of halogens is 1. The Balaban J connectivity index is 1.59. The van der Waals surface area contributed by atoms with Crippen molar-refractivity contribution in [2.24, 2.45) is 0 Å². The van der Waals surface area contributed by atoms with E-state index in [1.165, 1.54) is 12.1 Å². The van der Waals surface area contributed by atoms with Gasteiger partial charge in [-0.15, -0.1) is 11.6 Å². The van der Waals surface area contributed by atoms with Crippen LogP contribution in [0.15, 0.2) is 29.1 Å². The number of hydrogen-bond acceptors (Lipinski definition) is 9. The zero-order chi connectivity index (χ0) is 25.0. The maximum atomic E-state index is 12.4. The van der Waals surface area contributed by atoms with Gasteiger partial charge in [-0.25, -0.2) is 4.79 Å². The molecule has 13 nitrogen and oxygen atoms in total. The molecule has 1 aliphatic rings. The molecule has 2 unspecified atom stereocenters. The number of alkyl halides is 1. The highest BCUT2D eigenvalue weighted by molar-refractivity contribution is 6.29. The number of nitrogen functional groups attached to an aromatic ring is 1. The van der Waals surface area contributed by atoms with Crippen LogP contribution in [0.5, 0.6) is 0 Å². The van der Waals surface area contributed by atoms with E-state index in [1.807, 2.05) is 0 Å². The van der Waals surface area contributed by atoms with Gasteiger partial charge in [0.25, 0.3) is 11.5 Å². The third-order valence-electron chi connectivity index (χ3n) is 5.32. The van der Waals surface area contributed by atoms with Crippen molar-refractivity contribution >= 4 is 52.6 Å². The zero-order valence-electron chi connectivity index (χ0n) is 18.0. The number of nitrogens with zero attached hydrogens (tertiary/aromatic N) is 2. The summed E-state index contributed by atoms with van der Waals surface area (Å²) in [5.41, 5.74) is 6.51. The summed E-state index contributed by atoms with van der Waals surface area (Å²) >= 11 is 5.60. The number of nitrogens with two attached hydrogens (primary N) is 1. The van der Waals surface area contributed by atoms with Gasteiger partial charge in [0.05, 0.1) is 6.04 Å². The van der Waals surface area contributed by atoms with Crippen LogP contribution >= 0.6 is 11.6 Å². The van der Waals surface area contributed by atoms with E-state index in [0.717, 1.165) is 0 Å². The van der Waals surface area contributed by atoms with Crippen LogP contribution < -0.4 is 32.1 Å². The van der Waals surface area contributed by atoms with Gasteiger partial charge in [-0.1, -0.05) is 0 Å². The predicted octanol–water partition coefficient (Wildman–Crippen LogP) is -0.0404. The molecule has 14 heteroatoms. The molecule has 1 aliphatic heterocycles. The largest absolute Gasteiger partial charge is 0.480 e. The average Bonchev–Trinajstić information content (AvgIpc) is 2.77. The molecule has 3 rings (SSSR count). The monoisotopic (exact) mass is 493 g/mol. The van der Waals surface area contributed by atoms with Crippen molar-refractivity contribution in [3.05, 3.63) is 40.2 Å². The van der Waals surface area contributed by atoms with E-state index in [-0.39, 0.29) is 23.1 Å². The number of fused-ring (bicyclic) bond motifs is 1. The summed E-state index contributed by atoms with van der Waals surface area (Å²) in [4.78, 5) is 55.2. The Morgan fingerprint density at radius 1 is 1.26 bits per heavy atom. The van der Waals surface area contributed by atoms with Crippen molar-refractivity contribution in [1.82, 2.24) is 15.3 Å². The minimum Gasteiger partial charge on any atom is -0.480 e. The number of nitrogens with one attached hydrogen (secondary N) is 4. The molecule has 34 heavy (non-hydrogen) atoms. The van der Waals surface area contributed by atoms with Crippen LogP contribution in [-0.4, -0.2) is 75.6 Å². The predicted molar refractivity (Wildman–Crippen MR) is 126 cm³/mol. The lowest BCUT2D eigenvalue weighted by molar-refractivity contribution is -0.140. The van der Waals surface area contributed by atoms with E-state index < -0.39 is 35.7 Å². The van der Waals surface area contributed by atoms with Gasteiger partial charge in [-0.2, -0.15) is 4.98 Å². The molecule has 2 heterocycles. The summed E-state index contributed by atoms with van der Waals surface area (Å²) in [6, 6.07) is 4.75. The summed E-state index contributed by atoms with van der Waals surface area (Å²) < 4.78 is 0. The van der Waals surface area contributed by atoms with Crippen LogP contribution in [0.4, 0.5) is 23.1 Å². The van der Waals surface area contributed by atoms with Gasteiger partial charge < -0.3 is 36.8 Å². The number of aromatic nitrogens is 2. The molecular formula is C20H24ClN7O6. The van der Waals surface area contributed by atoms with E-state index >= 15 is 0 Å². The number of carbonyl (C=O) groups excluding carboxylic acids is 1. The standard InChI is InChI=1S/C20H24ClN7O6/c1-28-11(8-24-15-14(28)17(30)27-20(22)26-15)7-23-10-4-2-9(3-5-10)16(29)25-13(19(33)34)6-12(21)18(31)32/h2-5,11-13,23H,6-8H2,1H3,(H,25,29)(H,31,32)(H,33,34)(H4,22,24,26,27,30)/t11?,12?,13-/m0/s1. The second kappa shape index (κ2) is 10.3. The van der Waals surface area contributed by atoms with Gasteiger partial charge in [0.1, 0.15) is 17.1 Å². The summed E-state index contributed by atoms with van der Waals surface area (Å²) in [5, 5.41) is 25.2. The Kier molecular flexibility index (Phi) is 7.46. The number of carboxylic acids is 2. The number of anilines is 4. The van der Waals surface area contributed by atoms with Crippen molar-refractivity contribution in [1.29, 1.82) is 0 Å². The molecule has 0 spiro atoms. The highest BCUT2D eigenvalue weighted by Crippen LogP contribution is 2.25. The summed E-state index contributed by atoms with van der Waals surface area (Å²) in [6.07, 6.45) is -0.464. The lowest BCUT2D eigenvalue weighted by Gasteiger charge is -2.35. The number of amides is 1. The first kappa shape index (κ1) is 24.6. The van der Waals surface area contributed by atoms with E-state index in [4.69, 9.17) is 22.4 Å². The molecule has 0 saturated heterocycles. The summed E-state index contributed by atoms with van der Waals surface area (Å²) in [5.74, 6) is -2.98. The van der Waals surface area contributed by atoms with Gasteiger partial charge in [-0.05, 0) is 24.3 Å². The van der Waals surface area contributed by atoms with Crippen LogP contribution in [0.25, 0.3) is 0 Å². The highest BCUT2D eigenvalue weighted by Gasteiger charge is 2.28. The lowest BCUT2D eigenvalue weighted by atomic mass is 10.1. The van der Waals surface area contributed by atoms with E-state index in [9.17, 15) is 24.3 Å². The molecule has 1 amide bonds. The number of carbonyl (C=O) groups is 3. The highest BCUT2D eigenvalue weighted by atomic mass is 35.5. The molecular weight excluding hydrogens is 470 g/mol. The van der Waals surface area contributed by atoms with Crippen LogP contribution in [0.1, 0.15) is 16.8 Å². The minimum absolute atomic E-state index is 0.0318. The SMILES string of the molecule is CN1c2c(nc(N)[nH]c2=O)NCC1CNc1ccc(C(=O)N[C@@H](CC(Cl)C(=O)O)C(=O)O)cc1. The van der Waals surface area contributed by atoms with Gasteiger partial charge >= 0.3 is 11.9 Å². The second-order valence-electron chi connectivity index (χ2n) is 7.66. The number of aliphatic carboxylic acids is 2. The second-order valence-corrected chi connectivity index (χ2v) is 8.18. The van der Waals surface area contributed by atoms with Crippen molar-refractivity contribution in [3.63, 3.8) is 0 Å².